The lowest BCUT2D eigenvalue weighted by atomic mass is 9.82. The van der Waals surface area contributed by atoms with Crippen LogP contribution in [-0.4, -0.2) is 60.0 Å². The molecule has 9 heteroatoms. The molecule has 0 saturated carbocycles. The molecule has 0 radical (unpaired) electrons. The molecule has 2 rings (SSSR count). The second-order valence-electron chi connectivity index (χ2n) is 8.02. The maximum absolute atomic E-state index is 13.7. The second kappa shape index (κ2) is 11.3. The first-order chi connectivity index (χ1) is 14.3. The third-order valence-electron chi connectivity index (χ3n) is 5.39. The van der Waals surface area contributed by atoms with Crippen LogP contribution in [0.2, 0.25) is 5.02 Å². The topological polar surface area (TPSA) is 115 Å². The highest BCUT2D eigenvalue weighted by molar-refractivity contribution is 6.30. The van der Waals surface area contributed by atoms with Gasteiger partial charge in [-0.1, -0.05) is 44.5 Å². The van der Waals surface area contributed by atoms with E-state index in [-0.39, 0.29) is 11.8 Å². The molecule has 5 N–H and O–H groups in total. The van der Waals surface area contributed by atoms with Crippen molar-refractivity contribution in [2.75, 3.05) is 26.2 Å². The van der Waals surface area contributed by atoms with E-state index in [1.165, 1.54) is 0 Å². The fourth-order valence-electron chi connectivity index (χ4n) is 3.78. The molecule has 166 valence electrons. The van der Waals surface area contributed by atoms with Crippen LogP contribution in [0.25, 0.3) is 0 Å². The fraction of sp³-hybridized carbons (Fsp3) is 0.571. The van der Waals surface area contributed by atoms with Crippen molar-refractivity contribution in [2.45, 2.75) is 39.2 Å². The van der Waals surface area contributed by atoms with E-state index < -0.39 is 23.8 Å². The van der Waals surface area contributed by atoms with E-state index in [0.717, 1.165) is 0 Å². The van der Waals surface area contributed by atoms with Crippen LogP contribution in [0.3, 0.4) is 0 Å². The number of benzene rings is 1. The van der Waals surface area contributed by atoms with Gasteiger partial charge >= 0.3 is 0 Å². The lowest BCUT2D eigenvalue weighted by Crippen LogP contribution is -2.93. The highest BCUT2D eigenvalue weighted by Gasteiger charge is 2.42. The molecule has 1 fully saturated rings. The summed E-state index contributed by atoms with van der Waals surface area (Å²) in [6, 6.07) is 6.13. The van der Waals surface area contributed by atoms with E-state index in [0.29, 0.717) is 49.1 Å². The molecule has 1 aliphatic rings. The number of nitrogens with one attached hydrogen (secondary N) is 2. The van der Waals surface area contributed by atoms with Crippen LogP contribution >= 0.6 is 11.6 Å². The number of hydrogen-bond acceptors (Lipinski definition) is 4. The van der Waals surface area contributed by atoms with Gasteiger partial charge in [-0.25, -0.2) is 5.48 Å². The van der Waals surface area contributed by atoms with Crippen molar-refractivity contribution in [3.8, 4) is 0 Å². The Kier molecular flexibility index (Phi) is 9.08. The number of quaternary nitrogens is 1. The molecule has 1 saturated heterocycles. The minimum absolute atomic E-state index is 0.192. The van der Waals surface area contributed by atoms with Crippen molar-refractivity contribution >= 4 is 29.3 Å². The zero-order chi connectivity index (χ0) is 22.3. The fourth-order valence-corrected chi connectivity index (χ4v) is 3.90. The van der Waals surface area contributed by atoms with Gasteiger partial charge in [-0.2, -0.15) is 0 Å². The molecule has 30 heavy (non-hydrogen) atoms. The van der Waals surface area contributed by atoms with Gasteiger partial charge in [0.1, 0.15) is 6.54 Å². The molecule has 1 aromatic rings. The van der Waals surface area contributed by atoms with Crippen molar-refractivity contribution in [1.29, 1.82) is 0 Å². The van der Waals surface area contributed by atoms with Gasteiger partial charge in [-0.15, -0.1) is 0 Å². The first-order valence-electron chi connectivity index (χ1n) is 10.4. The number of carbonyl (C=O) groups excluding carboxylic acids is 3. The monoisotopic (exact) mass is 439 g/mol. The van der Waals surface area contributed by atoms with Crippen LogP contribution in [0.5, 0.6) is 0 Å². The summed E-state index contributed by atoms with van der Waals surface area (Å²) in [7, 11) is 0. The van der Waals surface area contributed by atoms with Gasteiger partial charge in [0.2, 0.25) is 17.7 Å². The van der Waals surface area contributed by atoms with Crippen LogP contribution in [0.1, 0.15) is 38.7 Å². The van der Waals surface area contributed by atoms with Crippen molar-refractivity contribution in [3.05, 3.63) is 34.9 Å². The third-order valence-corrected chi connectivity index (χ3v) is 5.65. The summed E-state index contributed by atoms with van der Waals surface area (Å²) in [5.41, 5.74) is 2.30. The summed E-state index contributed by atoms with van der Waals surface area (Å²) in [4.78, 5) is 40.4. The predicted molar refractivity (Wildman–Crippen MR) is 113 cm³/mol. The maximum atomic E-state index is 13.7. The summed E-state index contributed by atoms with van der Waals surface area (Å²) in [6.07, 6.45) is 0.343. The first-order valence-corrected chi connectivity index (χ1v) is 10.8. The van der Waals surface area contributed by atoms with Gasteiger partial charge in [-0.05, 0) is 30.0 Å². The normalized spacial score (nSPS) is 18.6. The Bertz CT molecular complexity index is 741. The van der Waals surface area contributed by atoms with Crippen molar-refractivity contribution in [1.82, 2.24) is 15.7 Å². The molecule has 3 amide bonds. The predicted octanol–water partition coefficient (Wildman–Crippen LogP) is 0.502. The standard InChI is InChI=1S/C21H31ClN4O4/c1-4-16(19(27)25-30)18(14-5-7-15(22)8-6-14)21(29)26-10-9-23-12-17(26)20(28)24-11-13(2)3/h5-8,13,16-18,23,30H,4,9-12H2,1-3H3,(H,24,28)(H,25,27)/p+1/t16-,17-,18+/m0/s1. The Morgan fingerprint density at radius 3 is 2.50 bits per heavy atom. The Hall–Kier alpha value is -2.16. The van der Waals surface area contributed by atoms with Crippen LogP contribution in [0.15, 0.2) is 24.3 Å². The second-order valence-corrected chi connectivity index (χ2v) is 8.46. The summed E-state index contributed by atoms with van der Waals surface area (Å²) >= 11 is 6.00. The molecule has 8 nitrogen and oxygen atoms in total. The molecule has 0 aliphatic carbocycles. The molecule has 0 bridgehead atoms. The molecule has 0 spiro atoms. The number of amides is 3. The van der Waals surface area contributed by atoms with E-state index in [2.05, 4.69) is 5.32 Å². The minimum atomic E-state index is -0.835. The van der Waals surface area contributed by atoms with E-state index >= 15 is 0 Å². The molecule has 1 heterocycles. The summed E-state index contributed by atoms with van der Waals surface area (Å²) in [6.45, 7) is 7.87. The van der Waals surface area contributed by atoms with Crippen molar-refractivity contribution in [2.24, 2.45) is 11.8 Å². The SMILES string of the molecule is CC[C@H](C(=O)NO)[C@H](C(=O)N1CC[NH2+]C[C@H]1C(=O)NCC(C)C)c1ccc(Cl)cc1. The molecule has 1 aromatic carbocycles. The van der Waals surface area contributed by atoms with Gasteiger partial charge in [0.25, 0.3) is 0 Å². The Morgan fingerprint density at radius 2 is 1.93 bits per heavy atom. The van der Waals surface area contributed by atoms with E-state index in [9.17, 15) is 19.6 Å². The largest absolute Gasteiger partial charge is 0.354 e. The van der Waals surface area contributed by atoms with E-state index in [1.54, 1.807) is 41.6 Å². The minimum Gasteiger partial charge on any atom is -0.354 e. The molecular formula is C21H32ClN4O4+. The summed E-state index contributed by atoms with van der Waals surface area (Å²) < 4.78 is 0. The Morgan fingerprint density at radius 1 is 1.27 bits per heavy atom. The number of nitrogens with two attached hydrogens (primary N) is 1. The van der Waals surface area contributed by atoms with Gasteiger partial charge in [0.05, 0.1) is 24.9 Å². The average molecular weight is 440 g/mol. The Labute approximate surface area is 182 Å². The molecular weight excluding hydrogens is 408 g/mol. The Balaban J connectivity index is 2.37. The number of carbonyl (C=O) groups is 3. The van der Waals surface area contributed by atoms with Crippen LogP contribution in [0, 0.1) is 11.8 Å². The zero-order valence-electron chi connectivity index (χ0n) is 17.7. The number of rotatable bonds is 8. The molecule has 1 aliphatic heterocycles. The smallest absolute Gasteiger partial charge is 0.248 e. The van der Waals surface area contributed by atoms with E-state index in [1.807, 2.05) is 19.2 Å². The van der Waals surface area contributed by atoms with Gasteiger partial charge in [0.15, 0.2) is 6.04 Å². The molecule has 0 unspecified atom stereocenters. The van der Waals surface area contributed by atoms with Gasteiger partial charge in [0, 0.05) is 11.6 Å². The van der Waals surface area contributed by atoms with Crippen molar-refractivity contribution < 1.29 is 24.9 Å². The van der Waals surface area contributed by atoms with Gasteiger partial charge < -0.3 is 15.5 Å². The van der Waals surface area contributed by atoms with Gasteiger partial charge in [-0.3, -0.25) is 19.6 Å². The lowest BCUT2D eigenvalue weighted by Gasteiger charge is -2.37. The first kappa shape index (κ1) is 24.1. The highest BCUT2D eigenvalue weighted by atomic mass is 35.5. The highest BCUT2D eigenvalue weighted by Crippen LogP contribution is 2.31. The number of halogens is 1. The summed E-state index contributed by atoms with van der Waals surface area (Å²) in [5, 5.41) is 14.7. The molecule has 3 atom stereocenters. The lowest BCUT2D eigenvalue weighted by molar-refractivity contribution is -0.665. The number of piperazine rings is 1. The summed E-state index contributed by atoms with van der Waals surface area (Å²) in [5.74, 6) is -2.44. The number of nitrogens with zero attached hydrogens (tertiary/aromatic N) is 1. The third kappa shape index (κ3) is 5.93. The number of hydrogen-bond donors (Lipinski definition) is 4. The van der Waals surface area contributed by atoms with E-state index in [4.69, 9.17) is 11.6 Å². The van der Waals surface area contributed by atoms with Crippen LogP contribution in [-0.2, 0) is 14.4 Å². The van der Waals surface area contributed by atoms with Crippen LogP contribution < -0.4 is 16.1 Å². The molecule has 0 aromatic heterocycles. The van der Waals surface area contributed by atoms with Crippen LogP contribution in [0.4, 0.5) is 0 Å². The maximum Gasteiger partial charge on any atom is 0.248 e. The average Bonchev–Trinajstić information content (AvgIpc) is 2.75. The zero-order valence-corrected chi connectivity index (χ0v) is 18.5. The number of hydroxylamine groups is 1. The van der Waals surface area contributed by atoms with Crippen molar-refractivity contribution in [3.63, 3.8) is 0 Å². The quantitative estimate of drug-likeness (QED) is 0.348.